The SMILES string of the molecule is CCC(CC(=O)N(C)C)C(=O)OCCC(C)C. The van der Waals surface area contributed by atoms with Crippen LogP contribution in [0.4, 0.5) is 0 Å². The predicted molar refractivity (Wildman–Crippen MR) is 67.5 cm³/mol. The van der Waals surface area contributed by atoms with Gasteiger partial charge in [-0.2, -0.15) is 0 Å². The first-order chi connectivity index (χ1) is 7.88. The zero-order valence-electron chi connectivity index (χ0n) is 11.7. The molecule has 1 unspecified atom stereocenters. The minimum atomic E-state index is -0.308. The maximum absolute atomic E-state index is 11.7. The first-order valence-corrected chi connectivity index (χ1v) is 6.25. The molecule has 0 saturated heterocycles. The summed E-state index contributed by atoms with van der Waals surface area (Å²) in [4.78, 5) is 24.7. The van der Waals surface area contributed by atoms with E-state index in [-0.39, 0.29) is 24.2 Å². The van der Waals surface area contributed by atoms with Crippen molar-refractivity contribution in [3.05, 3.63) is 0 Å². The summed E-state index contributed by atoms with van der Waals surface area (Å²) in [6.45, 7) is 6.52. The lowest BCUT2D eigenvalue weighted by atomic mass is 10.0. The van der Waals surface area contributed by atoms with Gasteiger partial charge in [-0.05, 0) is 18.8 Å². The summed E-state index contributed by atoms with van der Waals surface area (Å²) in [6, 6.07) is 0. The molecule has 1 atom stereocenters. The largest absolute Gasteiger partial charge is 0.465 e. The number of carbonyl (C=O) groups is 2. The molecular formula is C13H25NO3. The third-order valence-electron chi connectivity index (χ3n) is 2.69. The predicted octanol–water partition coefficient (Wildman–Crippen LogP) is 2.08. The van der Waals surface area contributed by atoms with Crippen LogP contribution in [0.5, 0.6) is 0 Å². The van der Waals surface area contributed by atoms with Gasteiger partial charge in [0.2, 0.25) is 5.91 Å². The summed E-state index contributed by atoms with van der Waals surface area (Å²) in [7, 11) is 3.39. The molecule has 0 aliphatic heterocycles. The summed E-state index contributed by atoms with van der Waals surface area (Å²) >= 11 is 0. The molecule has 0 saturated carbocycles. The lowest BCUT2D eigenvalue weighted by molar-refractivity contribution is -0.151. The van der Waals surface area contributed by atoms with Gasteiger partial charge in [-0.1, -0.05) is 20.8 Å². The molecular weight excluding hydrogens is 218 g/mol. The summed E-state index contributed by atoms with van der Waals surface area (Å²) in [5.74, 6) is -0.0654. The molecule has 0 aromatic heterocycles. The van der Waals surface area contributed by atoms with Crippen LogP contribution in [-0.4, -0.2) is 37.5 Å². The molecule has 100 valence electrons. The van der Waals surface area contributed by atoms with Gasteiger partial charge in [0, 0.05) is 20.5 Å². The van der Waals surface area contributed by atoms with Crippen molar-refractivity contribution in [2.75, 3.05) is 20.7 Å². The highest BCUT2D eigenvalue weighted by atomic mass is 16.5. The Kier molecular flexibility index (Phi) is 7.59. The van der Waals surface area contributed by atoms with Crippen molar-refractivity contribution < 1.29 is 14.3 Å². The first kappa shape index (κ1) is 15.9. The quantitative estimate of drug-likeness (QED) is 0.643. The van der Waals surface area contributed by atoms with Crippen molar-refractivity contribution in [3.8, 4) is 0 Å². The number of rotatable bonds is 7. The van der Waals surface area contributed by atoms with Crippen molar-refractivity contribution in [2.45, 2.75) is 40.0 Å². The van der Waals surface area contributed by atoms with Crippen LogP contribution in [0.15, 0.2) is 0 Å². The summed E-state index contributed by atoms with van der Waals surface area (Å²) < 4.78 is 5.18. The smallest absolute Gasteiger partial charge is 0.309 e. The highest BCUT2D eigenvalue weighted by Gasteiger charge is 2.22. The molecule has 0 spiro atoms. The molecule has 0 aliphatic carbocycles. The first-order valence-electron chi connectivity index (χ1n) is 6.25. The van der Waals surface area contributed by atoms with Crippen molar-refractivity contribution in [1.29, 1.82) is 0 Å². The van der Waals surface area contributed by atoms with Crippen LogP contribution in [0.25, 0.3) is 0 Å². The number of hydrogen-bond acceptors (Lipinski definition) is 3. The van der Waals surface area contributed by atoms with Gasteiger partial charge in [0.1, 0.15) is 0 Å². The normalized spacial score (nSPS) is 12.4. The molecule has 0 aromatic rings. The highest BCUT2D eigenvalue weighted by molar-refractivity contribution is 5.82. The molecule has 4 nitrogen and oxygen atoms in total. The fraction of sp³-hybridized carbons (Fsp3) is 0.846. The lowest BCUT2D eigenvalue weighted by Crippen LogP contribution is -2.28. The van der Waals surface area contributed by atoms with E-state index in [2.05, 4.69) is 13.8 Å². The van der Waals surface area contributed by atoms with Gasteiger partial charge in [-0.15, -0.1) is 0 Å². The van der Waals surface area contributed by atoms with Crippen LogP contribution in [0.1, 0.15) is 40.0 Å². The number of carbonyl (C=O) groups excluding carboxylic acids is 2. The van der Waals surface area contributed by atoms with E-state index < -0.39 is 0 Å². The van der Waals surface area contributed by atoms with Crippen LogP contribution in [0, 0.1) is 11.8 Å². The van der Waals surface area contributed by atoms with Gasteiger partial charge < -0.3 is 9.64 Å². The van der Waals surface area contributed by atoms with Gasteiger partial charge in [0.25, 0.3) is 0 Å². The molecule has 0 heterocycles. The van der Waals surface area contributed by atoms with E-state index >= 15 is 0 Å². The molecule has 0 N–H and O–H groups in total. The zero-order valence-corrected chi connectivity index (χ0v) is 11.7. The van der Waals surface area contributed by atoms with Crippen molar-refractivity contribution >= 4 is 11.9 Å². The Morgan fingerprint density at radius 2 is 1.82 bits per heavy atom. The van der Waals surface area contributed by atoms with E-state index in [0.717, 1.165) is 6.42 Å². The van der Waals surface area contributed by atoms with E-state index in [4.69, 9.17) is 4.74 Å². The van der Waals surface area contributed by atoms with Crippen LogP contribution >= 0.6 is 0 Å². The number of esters is 1. The fourth-order valence-electron chi connectivity index (χ4n) is 1.30. The Bertz CT molecular complexity index is 249. The van der Waals surface area contributed by atoms with Crippen LogP contribution in [-0.2, 0) is 14.3 Å². The van der Waals surface area contributed by atoms with Crippen LogP contribution in [0.3, 0.4) is 0 Å². The van der Waals surface area contributed by atoms with Gasteiger partial charge in [-0.3, -0.25) is 9.59 Å². The van der Waals surface area contributed by atoms with Crippen molar-refractivity contribution in [1.82, 2.24) is 4.90 Å². The molecule has 17 heavy (non-hydrogen) atoms. The Balaban J connectivity index is 4.08. The maximum Gasteiger partial charge on any atom is 0.309 e. The third kappa shape index (κ3) is 6.97. The number of amides is 1. The monoisotopic (exact) mass is 243 g/mol. The number of ether oxygens (including phenoxy) is 1. The molecule has 0 rings (SSSR count). The number of hydrogen-bond donors (Lipinski definition) is 0. The Labute approximate surface area is 104 Å². The van der Waals surface area contributed by atoms with Gasteiger partial charge >= 0.3 is 5.97 Å². The average Bonchev–Trinajstić information content (AvgIpc) is 2.24. The van der Waals surface area contributed by atoms with Crippen LogP contribution in [0.2, 0.25) is 0 Å². The maximum atomic E-state index is 11.7. The second kappa shape index (κ2) is 8.09. The molecule has 0 fully saturated rings. The van der Waals surface area contributed by atoms with Gasteiger partial charge in [0.05, 0.1) is 12.5 Å². The minimum absolute atomic E-state index is 0.0299. The lowest BCUT2D eigenvalue weighted by Gasteiger charge is -2.17. The molecule has 1 amide bonds. The summed E-state index contributed by atoms with van der Waals surface area (Å²) in [6.07, 6.45) is 1.74. The second-order valence-corrected chi connectivity index (χ2v) is 4.95. The summed E-state index contributed by atoms with van der Waals surface area (Å²) in [5, 5.41) is 0. The molecule has 0 bridgehead atoms. The zero-order chi connectivity index (χ0) is 13.4. The van der Waals surface area contributed by atoms with Crippen molar-refractivity contribution in [2.24, 2.45) is 11.8 Å². The molecule has 0 aliphatic rings. The van der Waals surface area contributed by atoms with E-state index in [1.54, 1.807) is 14.1 Å². The number of nitrogens with zero attached hydrogens (tertiary/aromatic N) is 1. The highest BCUT2D eigenvalue weighted by Crippen LogP contribution is 2.12. The standard InChI is InChI=1S/C13H25NO3/c1-6-11(9-12(15)14(4)5)13(16)17-8-7-10(2)3/h10-11H,6-9H2,1-5H3. The molecule has 4 heteroatoms. The Morgan fingerprint density at radius 1 is 1.24 bits per heavy atom. The summed E-state index contributed by atoms with van der Waals surface area (Å²) in [5.41, 5.74) is 0. The van der Waals surface area contributed by atoms with Crippen LogP contribution < -0.4 is 0 Å². The van der Waals surface area contributed by atoms with Crippen molar-refractivity contribution in [3.63, 3.8) is 0 Å². The fourth-order valence-corrected chi connectivity index (χ4v) is 1.30. The van der Waals surface area contributed by atoms with Gasteiger partial charge in [-0.25, -0.2) is 0 Å². The van der Waals surface area contributed by atoms with E-state index in [1.165, 1.54) is 4.90 Å². The topological polar surface area (TPSA) is 46.6 Å². The average molecular weight is 243 g/mol. The molecule has 0 aromatic carbocycles. The van der Waals surface area contributed by atoms with E-state index in [0.29, 0.717) is 18.9 Å². The van der Waals surface area contributed by atoms with Gasteiger partial charge in [0.15, 0.2) is 0 Å². The minimum Gasteiger partial charge on any atom is -0.465 e. The van der Waals surface area contributed by atoms with E-state index in [9.17, 15) is 9.59 Å². The Morgan fingerprint density at radius 3 is 2.24 bits per heavy atom. The third-order valence-corrected chi connectivity index (χ3v) is 2.69. The second-order valence-electron chi connectivity index (χ2n) is 4.95. The Hall–Kier alpha value is -1.06. The van der Waals surface area contributed by atoms with E-state index in [1.807, 2.05) is 6.92 Å². The molecule has 0 radical (unpaired) electrons.